The highest BCUT2D eigenvalue weighted by Crippen LogP contribution is 2.19. The maximum absolute atomic E-state index is 12.4. The molecule has 0 saturated carbocycles. The van der Waals surface area contributed by atoms with Gasteiger partial charge in [0.1, 0.15) is 11.9 Å². The number of urea groups is 1. The molecule has 2 fully saturated rings. The molecular weight excluding hydrogens is 318 g/mol. The second-order valence-electron chi connectivity index (χ2n) is 6.86. The highest BCUT2D eigenvalue weighted by molar-refractivity contribution is 5.74. The van der Waals surface area contributed by atoms with E-state index in [4.69, 9.17) is 5.26 Å². The van der Waals surface area contributed by atoms with Gasteiger partial charge in [-0.2, -0.15) is 5.26 Å². The van der Waals surface area contributed by atoms with E-state index >= 15 is 0 Å². The van der Waals surface area contributed by atoms with Gasteiger partial charge in [0.2, 0.25) is 0 Å². The van der Waals surface area contributed by atoms with E-state index in [2.05, 4.69) is 21.3 Å². The Kier molecular flexibility index (Phi) is 5.71. The number of pyridine rings is 1. The van der Waals surface area contributed by atoms with Crippen LogP contribution in [0.5, 0.6) is 0 Å². The van der Waals surface area contributed by atoms with Crippen molar-refractivity contribution >= 4 is 11.8 Å². The number of nitrogens with zero attached hydrogens (tertiary/aromatic N) is 4. The van der Waals surface area contributed by atoms with Crippen molar-refractivity contribution in [1.29, 1.82) is 5.26 Å². The summed E-state index contributed by atoms with van der Waals surface area (Å²) in [6, 6.07) is 5.90. The van der Waals surface area contributed by atoms with Crippen molar-refractivity contribution in [2.75, 3.05) is 37.7 Å². The Morgan fingerprint density at radius 1 is 1.32 bits per heavy atom. The van der Waals surface area contributed by atoms with E-state index in [0.29, 0.717) is 12.1 Å². The van der Waals surface area contributed by atoms with Gasteiger partial charge in [-0.25, -0.2) is 9.78 Å². The zero-order valence-corrected chi connectivity index (χ0v) is 14.4. The van der Waals surface area contributed by atoms with Crippen molar-refractivity contribution in [2.24, 2.45) is 5.92 Å². The van der Waals surface area contributed by atoms with Crippen LogP contribution in [0.15, 0.2) is 18.3 Å². The number of piperidine rings is 2. The highest BCUT2D eigenvalue weighted by atomic mass is 16.3. The Labute approximate surface area is 148 Å². The van der Waals surface area contributed by atoms with Gasteiger partial charge in [0.15, 0.2) is 0 Å². The predicted octanol–water partition coefficient (Wildman–Crippen LogP) is 1.34. The van der Waals surface area contributed by atoms with E-state index in [1.54, 1.807) is 12.3 Å². The van der Waals surface area contributed by atoms with Gasteiger partial charge in [-0.3, -0.25) is 0 Å². The highest BCUT2D eigenvalue weighted by Gasteiger charge is 2.26. The van der Waals surface area contributed by atoms with Crippen LogP contribution >= 0.6 is 0 Å². The maximum atomic E-state index is 12.4. The Morgan fingerprint density at radius 3 is 2.76 bits per heavy atom. The summed E-state index contributed by atoms with van der Waals surface area (Å²) in [5.74, 6) is 1.09. The number of aliphatic hydroxyl groups is 1. The van der Waals surface area contributed by atoms with Gasteiger partial charge in [-0.1, -0.05) is 0 Å². The van der Waals surface area contributed by atoms with Crippen LogP contribution in [0.1, 0.15) is 31.2 Å². The summed E-state index contributed by atoms with van der Waals surface area (Å²) in [6.07, 6.45) is 5.31. The fourth-order valence-corrected chi connectivity index (χ4v) is 3.56. The summed E-state index contributed by atoms with van der Waals surface area (Å²) in [7, 11) is 0. The van der Waals surface area contributed by atoms with Gasteiger partial charge in [0, 0.05) is 45.0 Å². The van der Waals surface area contributed by atoms with Crippen LogP contribution in [0.4, 0.5) is 10.6 Å². The molecule has 1 atom stereocenters. The lowest BCUT2D eigenvalue weighted by atomic mass is 9.99. The summed E-state index contributed by atoms with van der Waals surface area (Å²) >= 11 is 0. The second kappa shape index (κ2) is 8.17. The number of amides is 2. The standard InChI is InChI=1S/C18H25N5O2/c19-10-14-3-4-17(20-11-14)22-8-5-16(6-9-22)21-18(25)23-7-1-2-15(12-23)13-24/h3-4,11,15-16,24H,1-2,5-9,12-13H2,(H,21,25)/t15-/m1/s1. The molecule has 2 saturated heterocycles. The van der Waals surface area contributed by atoms with Crippen molar-refractivity contribution < 1.29 is 9.90 Å². The van der Waals surface area contributed by atoms with E-state index in [-0.39, 0.29) is 24.6 Å². The van der Waals surface area contributed by atoms with E-state index in [1.807, 2.05) is 11.0 Å². The fraction of sp³-hybridized carbons (Fsp3) is 0.611. The monoisotopic (exact) mass is 343 g/mol. The molecule has 0 radical (unpaired) electrons. The summed E-state index contributed by atoms with van der Waals surface area (Å²) in [5.41, 5.74) is 0.564. The van der Waals surface area contributed by atoms with Crippen LogP contribution in [0.3, 0.4) is 0 Å². The molecule has 7 nitrogen and oxygen atoms in total. The van der Waals surface area contributed by atoms with Gasteiger partial charge in [0.05, 0.1) is 5.56 Å². The van der Waals surface area contributed by atoms with Crippen LogP contribution in [0.2, 0.25) is 0 Å². The number of nitrogens with one attached hydrogen (secondary N) is 1. The third-order valence-corrected chi connectivity index (χ3v) is 5.09. The number of nitriles is 1. The number of aromatic nitrogens is 1. The molecule has 2 N–H and O–H groups in total. The van der Waals surface area contributed by atoms with Gasteiger partial charge >= 0.3 is 6.03 Å². The summed E-state index contributed by atoms with van der Waals surface area (Å²) in [5, 5.41) is 21.3. The average Bonchev–Trinajstić information content (AvgIpc) is 2.68. The Balaban J connectivity index is 1.47. The van der Waals surface area contributed by atoms with Gasteiger partial charge in [-0.05, 0) is 43.7 Å². The molecule has 7 heteroatoms. The van der Waals surface area contributed by atoms with Crippen molar-refractivity contribution in [2.45, 2.75) is 31.7 Å². The molecule has 134 valence electrons. The number of hydrogen-bond donors (Lipinski definition) is 2. The maximum Gasteiger partial charge on any atom is 0.317 e. The number of carbonyl (C=O) groups excluding carboxylic acids is 1. The number of rotatable bonds is 3. The summed E-state index contributed by atoms with van der Waals surface area (Å²) in [6.45, 7) is 3.25. The molecule has 2 aliphatic heterocycles. The van der Waals surface area contributed by atoms with Crippen molar-refractivity contribution in [3.63, 3.8) is 0 Å². The van der Waals surface area contributed by atoms with Crippen LogP contribution < -0.4 is 10.2 Å². The quantitative estimate of drug-likeness (QED) is 0.864. The van der Waals surface area contributed by atoms with Gasteiger partial charge < -0.3 is 20.2 Å². The molecule has 25 heavy (non-hydrogen) atoms. The fourth-order valence-electron chi connectivity index (χ4n) is 3.56. The zero-order valence-electron chi connectivity index (χ0n) is 14.4. The van der Waals surface area contributed by atoms with E-state index < -0.39 is 0 Å². The van der Waals surface area contributed by atoms with Crippen LogP contribution in [0.25, 0.3) is 0 Å². The SMILES string of the molecule is N#Cc1ccc(N2CCC(NC(=O)N3CCC[C@@H](CO)C3)CC2)nc1. The second-order valence-corrected chi connectivity index (χ2v) is 6.86. The first-order chi connectivity index (χ1) is 12.2. The van der Waals surface area contributed by atoms with Gasteiger partial charge in [0.25, 0.3) is 0 Å². The molecular formula is C18H25N5O2. The summed E-state index contributed by atoms with van der Waals surface area (Å²) < 4.78 is 0. The molecule has 2 amide bonds. The number of aliphatic hydroxyl groups excluding tert-OH is 1. The molecule has 1 aromatic heterocycles. The first-order valence-electron chi connectivity index (χ1n) is 8.97. The number of carbonyl (C=O) groups is 1. The third kappa shape index (κ3) is 4.40. The minimum Gasteiger partial charge on any atom is -0.396 e. The molecule has 0 bridgehead atoms. The average molecular weight is 343 g/mol. The smallest absolute Gasteiger partial charge is 0.317 e. The molecule has 3 heterocycles. The summed E-state index contributed by atoms with van der Waals surface area (Å²) in [4.78, 5) is 20.8. The van der Waals surface area contributed by atoms with Crippen LogP contribution in [-0.2, 0) is 0 Å². The molecule has 3 rings (SSSR count). The van der Waals surface area contributed by atoms with E-state index in [9.17, 15) is 9.90 Å². The predicted molar refractivity (Wildman–Crippen MR) is 94.1 cm³/mol. The van der Waals surface area contributed by atoms with Crippen molar-refractivity contribution in [3.8, 4) is 6.07 Å². The van der Waals surface area contributed by atoms with Crippen molar-refractivity contribution in [3.05, 3.63) is 23.9 Å². The molecule has 0 spiro atoms. The Morgan fingerprint density at radius 2 is 2.12 bits per heavy atom. The zero-order chi connectivity index (χ0) is 17.6. The van der Waals surface area contributed by atoms with Gasteiger partial charge in [-0.15, -0.1) is 0 Å². The number of likely N-dealkylation sites (tertiary alicyclic amines) is 1. The minimum atomic E-state index is -0.00639. The lowest BCUT2D eigenvalue weighted by molar-refractivity contribution is 0.127. The van der Waals surface area contributed by atoms with Crippen LogP contribution in [0, 0.1) is 17.2 Å². The molecule has 2 aliphatic rings. The third-order valence-electron chi connectivity index (χ3n) is 5.09. The first kappa shape index (κ1) is 17.5. The molecule has 0 aliphatic carbocycles. The Bertz CT molecular complexity index is 619. The van der Waals surface area contributed by atoms with E-state index in [1.165, 1.54) is 0 Å². The molecule has 0 unspecified atom stereocenters. The largest absolute Gasteiger partial charge is 0.396 e. The topological polar surface area (TPSA) is 92.5 Å². The lowest BCUT2D eigenvalue weighted by Gasteiger charge is -2.36. The molecule has 0 aromatic carbocycles. The lowest BCUT2D eigenvalue weighted by Crippen LogP contribution is -2.51. The normalized spacial score (nSPS) is 21.7. The molecule has 1 aromatic rings. The van der Waals surface area contributed by atoms with E-state index in [0.717, 1.165) is 51.1 Å². The van der Waals surface area contributed by atoms with Crippen molar-refractivity contribution in [1.82, 2.24) is 15.2 Å². The number of anilines is 1. The first-order valence-corrected chi connectivity index (χ1v) is 8.97. The Hall–Kier alpha value is -2.33. The number of hydrogen-bond acceptors (Lipinski definition) is 5. The minimum absolute atomic E-state index is 0.00639. The van der Waals surface area contributed by atoms with Crippen LogP contribution in [-0.4, -0.2) is 59.8 Å².